The average molecular weight is 253 g/mol. The van der Waals surface area contributed by atoms with E-state index in [1.54, 1.807) is 13.4 Å². The number of nitrogens with zero attached hydrogens (tertiary/aromatic N) is 1. The lowest BCUT2D eigenvalue weighted by Gasteiger charge is -2.04. The summed E-state index contributed by atoms with van der Waals surface area (Å²) in [6, 6.07) is 6.98. The number of aliphatic imine (C=N–C) groups is 1. The molecule has 0 saturated heterocycles. The van der Waals surface area contributed by atoms with E-state index in [1.807, 2.05) is 24.3 Å². The van der Waals surface area contributed by atoms with Crippen LogP contribution in [0.4, 0.5) is 4.79 Å². The largest absolute Gasteiger partial charge is 0.497 e. The Morgan fingerprint density at radius 1 is 1.47 bits per heavy atom. The van der Waals surface area contributed by atoms with E-state index >= 15 is 0 Å². The van der Waals surface area contributed by atoms with Gasteiger partial charge in [0.2, 0.25) is 0 Å². The smallest absolute Gasteiger partial charge is 0.343 e. The van der Waals surface area contributed by atoms with Crippen molar-refractivity contribution < 1.29 is 9.53 Å². The highest BCUT2D eigenvalue weighted by Gasteiger charge is 2.00. The molecule has 0 spiro atoms. The van der Waals surface area contributed by atoms with Crippen LogP contribution in [0.15, 0.2) is 29.3 Å². The maximum absolute atomic E-state index is 11.3. The van der Waals surface area contributed by atoms with Gasteiger partial charge in [-0.25, -0.2) is 4.79 Å². The second-order valence-electron chi connectivity index (χ2n) is 3.16. The lowest BCUT2D eigenvalue weighted by Crippen LogP contribution is -2.21. The minimum Gasteiger partial charge on any atom is -0.497 e. The predicted molar refractivity (Wildman–Crippen MR) is 70.4 cm³/mol. The molecular weight excluding hydrogens is 238 g/mol. The Bertz CT molecular complexity index is 404. The number of carbonyl (C=O) groups excluding carboxylic acids is 1. The number of hydrogen-bond acceptors (Lipinski definition) is 3. The third-order valence-electron chi connectivity index (χ3n) is 2.02. The molecule has 0 aromatic heterocycles. The number of rotatable bonds is 3. The lowest BCUT2D eigenvalue weighted by molar-refractivity contribution is 0.249. The maximum atomic E-state index is 11.3. The van der Waals surface area contributed by atoms with Gasteiger partial charge in [-0.15, -0.1) is 0 Å². The maximum Gasteiger partial charge on any atom is 0.343 e. The van der Waals surface area contributed by atoms with Crippen molar-refractivity contribution in [3.63, 3.8) is 0 Å². The molecule has 17 heavy (non-hydrogen) atoms. The van der Waals surface area contributed by atoms with Gasteiger partial charge in [-0.2, -0.15) is 4.99 Å². The number of ether oxygens (including phenoxy) is 1. The van der Waals surface area contributed by atoms with Crippen LogP contribution in [0.25, 0.3) is 0 Å². The van der Waals surface area contributed by atoms with Crippen molar-refractivity contribution in [3.8, 4) is 5.75 Å². The van der Waals surface area contributed by atoms with Gasteiger partial charge in [0.1, 0.15) is 5.75 Å². The van der Waals surface area contributed by atoms with E-state index in [1.165, 1.54) is 11.8 Å². The topological polar surface area (TPSA) is 76.7 Å². The molecule has 0 atom stereocenters. The number of nitrogens with two attached hydrogens (primary N) is 1. The van der Waals surface area contributed by atoms with E-state index in [2.05, 4.69) is 10.3 Å². The summed E-state index contributed by atoms with van der Waals surface area (Å²) in [5, 5.41) is 2.89. The van der Waals surface area contributed by atoms with Crippen molar-refractivity contribution >= 4 is 23.0 Å². The molecule has 0 bridgehead atoms. The van der Waals surface area contributed by atoms with E-state index in [0.717, 1.165) is 11.3 Å². The number of benzene rings is 1. The summed E-state index contributed by atoms with van der Waals surface area (Å²) in [7, 11) is 1.61. The van der Waals surface area contributed by atoms with Gasteiger partial charge in [-0.1, -0.05) is 23.9 Å². The van der Waals surface area contributed by atoms with E-state index < -0.39 is 6.03 Å². The predicted octanol–water partition coefficient (Wildman–Crippen LogP) is 1.58. The fourth-order valence-corrected chi connectivity index (χ4v) is 1.28. The van der Waals surface area contributed by atoms with Crippen molar-refractivity contribution in [3.05, 3.63) is 29.8 Å². The molecule has 6 heteroatoms. The molecule has 0 saturated carbocycles. The standard InChI is InChI=1S/C11H15N3O2S/c1-16-9-5-3-8(4-6-9)7-13-11(15)14-10(12)17-2/h3-6H,7H2,1-2H3,(H3,12,13,14,15). The SMILES string of the molecule is COc1ccc(CNC(=O)N=C(N)SC)cc1. The van der Waals surface area contributed by atoms with Crippen LogP contribution in [0.1, 0.15) is 5.56 Å². The molecule has 92 valence electrons. The Labute approximate surface area is 104 Å². The first-order valence-corrected chi connectivity index (χ1v) is 6.17. The second kappa shape index (κ2) is 6.80. The summed E-state index contributed by atoms with van der Waals surface area (Å²) in [4.78, 5) is 14.9. The molecule has 1 rings (SSSR count). The lowest BCUT2D eigenvalue weighted by atomic mass is 10.2. The Morgan fingerprint density at radius 3 is 2.65 bits per heavy atom. The molecule has 0 fully saturated rings. The van der Waals surface area contributed by atoms with Gasteiger partial charge in [-0.05, 0) is 24.0 Å². The van der Waals surface area contributed by atoms with Crippen molar-refractivity contribution in [2.45, 2.75) is 6.54 Å². The minimum absolute atomic E-state index is 0.247. The van der Waals surface area contributed by atoms with Gasteiger partial charge >= 0.3 is 6.03 Å². The molecule has 1 aromatic rings. The molecule has 3 N–H and O–H groups in total. The first-order valence-electron chi connectivity index (χ1n) is 4.94. The van der Waals surface area contributed by atoms with Crippen LogP contribution in [0.3, 0.4) is 0 Å². The van der Waals surface area contributed by atoms with E-state index in [9.17, 15) is 4.79 Å². The van der Waals surface area contributed by atoms with Gasteiger partial charge in [0.15, 0.2) is 5.17 Å². The Balaban J connectivity index is 2.47. The van der Waals surface area contributed by atoms with Gasteiger partial charge in [0.05, 0.1) is 7.11 Å². The molecule has 0 aliphatic rings. The minimum atomic E-state index is -0.437. The van der Waals surface area contributed by atoms with Crippen LogP contribution in [-0.4, -0.2) is 24.6 Å². The normalized spacial score (nSPS) is 11.1. The Hall–Kier alpha value is -1.69. The molecular formula is C11H15N3O2S. The third-order valence-corrected chi connectivity index (χ3v) is 2.53. The van der Waals surface area contributed by atoms with E-state index in [4.69, 9.17) is 10.5 Å². The van der Waals surface area contributed by atoms with Gasteiger partial charge in [-0.3, -0.25) is 0 Å². The zero-order chi connectivity index (χ0) is 12.7. The quantitative estimate of drug-likeness (QED) is 0.633. The Kier molecular flexibility index (Phi) is 5.35. The van der Waals surface area contributed by atoms with E-state index in [0.29, 0.717) is 6.54 Å². The molecule has 2 amide bonds. The number of methoxy groups -OCH3 is 1. The van der Waals surface area contributed by atoms with Gasteiger partial charge in [0, 0.05) is 6.54 Å². The van der Waals surface area contributed by atoms with Crippen LogP contribution in [0, 0.1) is 0 Å². The number of amidine groups is 1. The molecule has 0 radical (unpaired) electrons. The molecule has 0 aliphatic carbocycles. The number of thioether (sulfide) groups is 1. The second-order valence-corrected chi connectivity index (χ2v) is 3.99. The fraction of sp³-hybridized carbons (Fsp3) is 0.273. The molecule has 5 nitrogen and oxygen atoms in total. The number of nitrogens with one attached hydrogen (secondary N) is 1. The summed E-state index contributed by atoms with van der Waals surface area (Å²) in [5.41, 5.74) is 6.39. The van der Waals surface area contributed by atoms with Crippen molar-refractivity contribution in [2.75, 3.05) is 13.4 Å². The monoisotopic (exact) mass is 253 g/mol. The van der Waals surface area contributed by atoms with Crippen molar-refractivity contribution in [1.29, 1.82) is 0 Å². The third kappa shape index (κ3) is 4.78. The van der Waals surface area contributed by atoms with Crippen molar-refractivity contribution in [1.82, 2.24) is 5.32 Å². The first-order chi connectivity index (χ1) is 8.15. The van der Waals surface area contributed by atoms with Crippen LogP contribution in [0.5, 0.6) is 5.75 Å². The highest BCUT2D eigenvalue weighted by Crippen LogP contribution is 2.10. The highest BCUT2D eigenvalue weighted by molar-refractivity contribution is 8.13. The van der Waals surface area contributed by atoms with Gasteiger partial charge in [0.25, 0.3) is 0 Å². The fourth-order valence-electron chi connectivity index (χ4n) is 1.11. The summed E-state index contributed by atoms with van der Waals surface area (Å²) >= 11 is 1.23. The summed E-state index contributed by atoms with van der Waals surface area (Å²) < 4.78 is 5.03. The summed E-state index contributed by atoms with van der Waals surface area (Å²) in [6.07, 6.45) is 1.76. The number of carbonyl (C=O) groups is 1. The average Bonchev–Trinajstić information content (AvgIpc) is 2.36. The van der Waals surface area contributed by atoms with Gasteiger partial charge < -0.3 is 15.8 Å². The first kappa shape index (κ1) is 13.4. The summed E-state index contributed by atoms with van der Waals surface area (Å²) in [6.45, 7) is 0.411. The Morgan fingerprint density at radius 2 is 2.12 bits per heavy atom. The number of hydrogen-bond donors (Lipinski definition) is 2. The summed E-state index contributed by atoms with van der Waals surface area (Å²) in [5.74, 6) is 0.782. The highest BCUT2D eigenvalue weighted by atomic mass is 32.2. The molecule has 0 aliphatic heterocycles. The van der Waals surface area contributed by atoms with E-state index in [-0.39, 0.29) is 5.17 Å². The molecule has 0 unspecified atom stereocenters. The zero-order valence-electron chi connectivity index (χ0n) is 9.77. The van der Waals surface area contributed by atoms with Crippen molar-refractivity contribution in [2.24, 2.45) is 10.7 Å². The van der Waals surface area contributed by atoms with Crippen LogP contribution >= 0.6 is 11.8 Å². The zero-order valence-corrected chi connectivity index (χ0v) is 10.6. The molecule has 0 heterocycles. The molecule has 1 aromatic carbocycles. The van der Waals surface area contributed by atoms with Crippen LogP contribution in [-0.2, 0) is 6.54 Å². The number of urea groups is 1. The number of amides is 2. The van der Waals surface area contributed by atoms with Crippen LogP contribution < -0.4 is 15.8 Å². The van der Waals surface area contributed by atoms with Crippen LogP contribution in [0.2, 0.25) is 0 Å².